The molecular formula is C13H25N3OS. The van der Waals surface area contributed by atoms with Gasteiger partial charge in [0.1, 0.15) is 6.54 Å². The predicted molar refractivity (Wildman–Crippen MR) is 79.1 cm³/mol. The fraction of sp³-hybridized carbons (Fsp3) is 0.846. The second-order valence-corrected chi connectivity index (χ2v) is 5.90. The van der Waals surface area contributed by atoms with E-state index in [1.807, 2.05) is 18.7 Å². The van der Waals surface area contributed by atoms with E-state index in [9.17, 15) is 4.79 Å². The lowest BCUT2D eigenvalue weighted by molar-refractivity contribution is -0.129. The summed E-state index contributed by atoms with van der Waals surface area (Å²) < 4.78 is 0. The van der Waals surface area contributed by atoms with Gasteiger partial charge < -0.3 is 10.2 Å². The molecule has 0 spiro atoms. The van der Waals surface area contributed by atoms with Crippen molar-refractivity contribution in [3.05, 3.63) is 0 Å². The predicted octanol–water partition coefficient (Wildman–Crippen LogP) is 1.96. The molecule has 1 saturated heterocycles. The number of thioether (sulfide) groups is 1. The standard InChI is InChI=1S/C13H25N3OS/c1-5-16(6-2)12(17)9-14-13-15-11(10(3)4)7-8-18-13/h10-11H,5-9H2,1-4H3,(H,14,15). The molecule has 0 radical (unpaired) electrons. The van der Waals surface area contributed by atoms with Crippen molar-refractivity contribution in [2.75, 3.05) is 25.4 Å². The molecule has 104 valence electrons. The van der Waals surface area contributed by atoms with Gasteiger partial charge in [-0.3, -0.25) is 9.79 Å². The van der Waals surface area contributed by atoms with E-state index in [2.05, 4.69) is 24.2 Å². The molecule has 0 aliphatic carbocycles. The van der Waals surface area contributed by atoms with Crippen LogP contribution in [0.2, 0.25) is 0 Å². The Balaban J connectivity index is 2.49. The molecule has 0 aromatic rings. The van der Waals surface area contributed by atoms with E-state index < -0.39 is 0 Å². The summed E-state index contributed by atoms with van der Waals surface area (Å²) in [6.07, 6.45) is 1.17. The molecule has 0 saturated carbocycles. The topological polar surface area (TPSA) is 44.7 Å². The zero-order valence-corrected chi connectivity index (χ0v) is 12.7. The highest BCUT2D eigenvalue weighted by molar-refractivity contribution is 8.13. The maximum Gasteiger partial charge on any atom is 0.244 e. The molecule has 0 aromatic heterocycles. The minimum atomic E-state index is 0.113. The summed E-state index contributed by atoms with van der Waals surface area (Å²) in [5, 5.41) is 4.36. The smallest absolute Gasteiger partial charge is 0.244 e. The Morgan fingerprint density at radius 3 is 2.72 bits per heavy atom. The fourth-order valence-electron chi connectivity index (χ4n) is 1.96. The van der Waals surface area contributed by atoms with E-state index in [1.165, 1.54) is 6.42 Å². The SMILES string of the molecule is CCN(CC)C(=O)CN=C1NC(C(C)C)CCS1. The number of hydrogen-bond donors (Lipinski definition) is 1. The molecule has 5 heteroatoms. The highest BCUT2D eigenvalue weighted by atomic mass is 32.2. The molecule has 1 atom stereocenters. The van der Waals surface area contributed by atoms with Gasteiger partial charge in [0.05, 0.1) is 0 Å². The lowest BCUT2D eigenvalue weighted by Crippen LogP contribution is -2.42. The van der Waals surface area contributed by atoms with Crippen molar-refractivity contribution in [2.45, 2.75) is 40.2 Å². The van der Waals surface area contributed by atoms with Gasteiger partial charge in [0.15, 0.2) is 5.17 Å². The van der Waals surface area contributed by atoms with Crippen molar-refractivity contribution in [3.8, 4) is 0 Å². The zero-order chi connectivity index (χ0) is 13.5. The molecule has 1 unspecified atom stereocenters. The van der Waals surface area contributed by atoms with Crippen molar-refractivity contribution < 1.29 is 4.79 Å². The van der Waals surface area contributed by atoms with Crippen LogP contribution in [0.15, 0.2) is 4.99 Å². The first kappa shape index (κ1) is 15.3. The monoisotopic (exact) mass is 271 g/mol. The van der Waals surface area contributed by atoms with E-state index in [0.717, 1.165) is 24.0 Å². The summed E-state index contributed by atoms with van der Waals surface area (Å²) in [5.74, 6) is 1.81. The normalized spacial score (nSPS) is 22.1. The van der Waals surface area contributed by atoms with Gasteiger partial charge in [0.2, 0.25) is 5.91 Å². The number of nitrogens with one attached hydrogen (secondary N) is 1. The van der Waals surface area contributed by atoms with Crippen LogP contribution < -0.4 is 5.32 Å². The van der Waals surface area contributed by atoms with Crippen LogP contribution in [0.1, 0.15) is 34.1 Å². The number of carbonyl (C=O) groups excluding carboxylic acids is 1. The Hall–Kier alpha value is -0.710. The Kier molecular flexibility index (Phi) is 6.54. The highest BCUT2D eigenvalue weighted by Gasteiger charge is 2.20. The maximum atomic E-state index is 11.8. The molecule has 4 nitrogen and oxygen atoms in total. The van der Waals surface area contributed by atoms with Gasteiger partial charge >= 0.3 is 0 Å². The summed E-state index contributed by atoms with van der Waals surface area (Å²) in [6.45, 7) is 10.2. The van der Waals surface area contributed by atoms with Crippen molar-refractivity contribution in [1.29, 1.82) is 0 Å². The average molecular weight is 271 g/mol. The molecule has 0 aromatic carbocycles. The molecule has 18 heavy (non-hydrogen) atoms. The molecule has 1 aliphatic rings. The van der Waals surface area contributed by atoms with Crippen LogP contribution in [0, 0.1) is 5.92 Å². The van der Waals surface area contributed by atoms with Crippen LogP contribution in [-0.4, -0.2) is 47.4 Å². The summed E-state index contributed by atoms with van der Waals surface area (Å²) in [6, 6.07) is 0.494. The summed E-state index contributed by atoms with van der Waals surface area (Å²) in [7, 11) is 0. The van der Waals surface area contributed by atoms with Crippen LogP contribution in [0.25, 0.3) is 0 Å². The van der Waals surface area contributed by atoms with Crippen LogP contribution in [0.4, 0.5) is 0 Å². The van der Waals surface area contributed by atoms with Crippen LogP contribution in [0.5, 0.6) is 0 Å². The van der Waals surface area contributed by atoms with E-state index in [4.69, 9.17) is 0 Å². The lowest BCUT2D eigenvalue weighted by atomic mass is 10.0. The first-order chi connectivity index (χ1) is 8.58. The van der Waals surface area contributed by atoms with Gasteiger partial charge in [-0.15, -0.1) is 0 Å². The Labute approximate surface area is 115 Å². The first-order valence-corrected chi connectivity index (χ1v) is 7.78. The fourth-order valence-corrected chi connectivity index (χ4v) is 2.92. The Morgan fingerprint density at radius 2 is 2.17 bits per heavy atom. The molecular weight excluding hydrogens is 246 g/mol. The third kappa shape index (κ3) is 4.52. The number of carbonyl (C=O) groups is 1. The molecule has 0 bridgehead atoms. The number of likely N-dealkylation sites (N-methyl/N-ethyl adjacent to an activating group) is 1. The van der Waals surface area contributed by atoms with Gasteiger partial charge in [0, 0.05) is 24.9 Å². The Bertz CT molecular complexity index is 301. The number of nitrogens with zero attached hydrogens (tertiary/aromatic N) is 2. The van der Waals surface area contributed by atoms with Gasteiger partial charge in [0.25, 0.3) is 0 Å². The van der Waals surface area contributed by atoms with E-state index in [0.29, 0.717) is 12.0 Å². The largest absolute Gasteiger partial charge is 0.362 e. The van der Waals surface area contributed by atoms with Gasteiger partial charge in [-0.1, -0.05) is 25.6 Å². The average Bonchev–Trinajstić information content (AvgIpc) is 2.38. The quantitative estimate of drug-likeness (QED) is 0.831. The van der Waals surface area contributed by atoms with Crippen LogP contribution in [-0.2, 0) is 4.79 Å². The van der Waals surface area contributed by atoms with Crippen molar-refractivity contribution >= 4 is 22.8 Å². The van der Waals surface area contributed by atoms with Crippen molar-refractivity contribution in [3.63, 3.8) is 0 Å². The summed E-state index contributed by atoms with van der Waals surface area (Å²) in [5.41, 5.74) is 0. The molecule has 1 N–H and O–H groups in total. The molecule has 1 aliphatic heterocycles. The molecule has 1 amide bonds. The number of amidine groups is 1. The number of aliphatic imine (C=N–C) groups is 1. The van der Waals surface area contributed by atoms with Crippen molar-refractivity contribution in [1.82, 2.24) is 10.2 Å². The second kappa shape index (κ2) is 7.67. The second-order valence-electron chi connectivity index (χ2n) is 4.82. The third-order valence-corrected chi connectivity index (χ3v) is 4.22. The number of amides is 1. The zero-order valence-electron chi connectivity index (χ0n) is 11.9. The lowest BCUT2D eigenvalue weighted by Gasteiger charge is -2.28. The van der Waals surface area contributed by atoms with Gasteiger partial charge in [-0.2, -0.15) is 0 Å². The number of rotatable bonds is 5. The van der Waals surface area contributed by atoms with Crippen molar-refractivity contribution in [2.24, 2.45) is 10.9 Å². The van der Waals surface area contributed by atoms with E-state index >= 15 is 0 Å². The summed E-state index contributed by atoms with van der Waals surface area (Å²) in [4.78, 5) is 18.1. The maximum absolute atomic E-state index is 11.8. The first-order valence-electron chi connectivity index (χ1n) is 6.80. The van der Waals surface area contributed by atoms with Gasteiger partial charge in [-0.05, 0) is 26.2 Å². The number of hydrogen-bond acceptors (Lipinski definition) is 3. The molecule has 1 heterocycles. The van der Waals surface area contributed by atoms with E-state index in [-0.39, 0.29) is 12.5 Å². The molecule has 1 rings (SSSR count). The highest BCUT2D eigenvalue weighted by Crippen LogP contribution is 2.18. The Morgan fingerprint density at radius 1 is 1.50 bits per heavy atom. The summed E-state index contributed by atoms with van der Waals surface area (Å²) >= 11 is 1.72. The van der Waals surface area contributed by atoms with E-state index in [1.54, 1.807) is 11.8 Å². The third-order valence-electron chi connectivity index (χ3n) is 3.26. The van der Waals surface area contributed by atoms with Crippen LogP contribution in [0.3, 0.4) is 0 Å². The van der Waals surface area contributed by atoms with Crippen LogP contribution >= 0.6 is 11.8 Å². The minimum absolute atomic E-state index is 0.113. The van der Waals surface area contributed by atoms with Gasteiger partial charge in [-0.25, -0.2) is 0 Å². The molecule has 1 fully saturated rings. The minimum Gasteiger partial charge on any atom is -0.362 e.